The summed E-state index contributed by atoms with van der Waals surface area (Å²) in [5.41, 5.74) is 12.2. The van der Waals surface area contributed by atoms with Crippen molar-refractivity contribution in [2.24, 2.45) is 4.99 Å². The number of fused-ring (bicyclic) bond motifs is 5. The quantitative estimate of drug-likeness (QED) is 0.157. The van der Waals surface area contributed by atoms with Crippen LogP contribution >= 0.6 is 10.0 Å². The summed E-state index contributed by atoms with van der Waals surface area (Å²) in [6.45, 7) is 8.71. The normalized spacial score (nSPS) is 15.3. The highest BCUT2D eigenvalue weighted by Gasteiger charge is 2.39. The lowest BCUT2D eigenvalue weighted by Gasteiger charge is -2.44. The smallest absolute Gasteiger partial charge is 0.137 e. The number of hydrogen-bond acceptors (Lipinski definition) is 4. The average molecular weight is 1060 g/mol. The van der Waals surface area contributed by atoms with Crippen LogP contribution in [0.2, 0.25) is 0 Å². The Hall–Kier alpha value is -9.23. The number of pyridine rings is 1. The van der Waals surface area contributed by atoms with Gasteiger partial charge in [0.1, 0.15) is 11.7 Å². The fourth-order valence-electron chi connectivity index (χ4n) is 11.8. The van der Waals surface area contributed by atoms with E-state index in [0.717, 1.165) is 58.0 Å². The van der Waals surface area contributed by atoms with Crippen molar-refractivity contribution in [3.8, 4) is 5.82 Å². The van der Waals surface area contributed by atoms with Crippen LogP contribution < -0.4 is 10.2 Å². The number of benzene rings is 9. The van der Waals surface area contributed by atoms with E-state index in [1.165, 1.54) is 58.4 Å². The van der Waals surface area contributed by atoms with Crippen molar-refractivity contribution in [2.45, 2.75) is 66.7 Å². The number of amidine groups is 1. The number of nitrogens with one attached hydrogen (secondary N) is 1. The lowest BCUT2D eigenvalue weighted by Crippen LogP contribution is -2.31. The molecule has 0 spiro atoms. The van der Waals surface area contributed by atoms with Crippen LogP contribution in [0.1, 0.15) is 74.4 Å². The van der Waals surface area contributed by atoms with E-state index in [9.17, 15) is 0 Å². The van der Waals surface area contributed by atoms with E-state index in [0.29, 0.717) is 0 Å². The third kappa shape index (κ3) is 9.46. The predicted octanol–water partition coefficient (Wildman–Crippen LogP) is 19.6. The monoisotopic (exact) mass is 1060 g/mol. The molecule has 0 radical (unpaired) electrons. The second-order valence-corrected chi connectivity index (χ2v) is 23.7. The van der Waals surface area contributed by atoms with Crippen LogP contribution in [0.15, 0.2) is 310 Å². The highest BCUT2D eigenvalue weighted by Crippen LogP contribution is 2.74. The minimum absolute atomic E-state index is 0.115. The van der Waals surface area contributed by atoms with Gasteiger partial charge in [0.2, 0.25) is 0 Å². The first kappa shape index (κ1) is 51.5. The summed E-state index contributed by atoms with van der Waals surface area (Å²) >= 11 is 0. The molecule has 11 aromatic rings. The molecule has 392 valence electrons. The fourth-order valence-corrected chi connectivity index (χ4v) is 15.9. The molecule has 0 bridgehead atoms. The summed E-state index contributed by atoms with van der Waals surface area (Å²) < 4.78 is 2.34. The van der Waals surface area contributed by atoms with Crippen LogP contribution in [-0.4, -0.2) is 15.4 Å². The van der Waals surface area contributed by atoms with Gasteiger partial charge < -0.3 is 10.2 Å². The largest absolute Gasteiger partial charge is 0.359 e. The molecule has 9 aromatic carbocycles. The maximum absolute atomic E-state index is 5.48. The Morgan fingerprint density at radius 1 is 0.525 bits per heavy atom. The maximum atomic E-state index is 5.48. The number of allylic oxidation sites excluding steroid dienone is 4. The van der Waals surface area contributed by atoms with Crippen molar-refractivity contribution in [2.75, 3.05) is 4.90 Å². The van der Waals surface area contributed by atoms with Crippen LogP contribution in [0.3, 0.4) is 0 Å². The molecule has 1 unspecified atom stereocenters. The molecule has 80 heavy (non-hydrogen) atoms. The molecule has 14 rings (SSSR count). The van der Waals surface area contributed by atoms with Crippen LogP contribution in [0.25, 0.3) is 33.3 Å². The highest BCUT2D eigenvalue weighted by atomic mass is 32.3. The summed E-state index contributed by atoms with van der Waals surface area (Å²) in [5, 5.41) is 6.20. The Bertz CT molecular complexity index is 4000. The van der Waals surface area contributed by atoms with Crippen molar-refractivity contribution in [1.82, 2.24) is 14.9 Å². The first-order chi connectivity index (χ1) is 39.5. The van der Waals surface area contributed by atoms with Gasteiger partial charge in [-0.3, -0.25) is 4.57 Å². The zero-order valence-electron chi connectivity index (χ0n) is 45.8. The molecular formula is C74H65N5S. The van der Waals surface area contributed by atoms with Gasteiger partial charge in [-0.25, -0.2) is 9.98 Å². The molecule has 1 atom stereocenters. The van der Waals surface area contributed by atoms with E-state index >= 15 is 0 Å². The van der Waals surface area contributed by atoms with E-state index < -0.39 is 10.0 Å². The molecule has 2 aromatic heterocycles. The third-order valence-corrected chi connectivity index (χ3v) is 19.6. The Balaban J connectivity index is 0.000000742. The number of aliphatic imine (C=N–C) groups is 1. The van der Waals surface area contributed by atoms with Crippen molar-refractivity contribution in [3.05, 3.63) is 318 Å². The van der Waals surface area contributed by atoms with Gasteiger partial charge in [0.05, 0.1) is 34.1 Å². The topological polar surface area (TPSA) is 45.5 Å². The number of anilines is 3. The number of hydrogen-bond donors (Lipinski definition) is 1. The molecule has 0 saturated heterocycles. The van der Waals surface area contributed by atoms with Gasteiger partial charge in [-0.1, -0.05) is 216 Å². The van der Waals surface area contributed by atoms with Crippen molar-refractivity contribution >= 4 is 60.4 Å². The zero-order chi connectivity index (χ0) is 54.5. The van der Waals surface area contributed by atoms with E-state index in [1.54, 1.807) is 0 Å². The van der Waals surface area contributed by atoms with E-state index in [1.807, 2.05) is 56.4 Å². The molecule has 0 amide bonds. The molecule has 3 aliphatic rings. The molecule has 5 nitrogen and oxygen atoms in total. The summed E-state index contributed by atoms with van der Waals surface area (Å²) in [5.74, 6) is 1.64. The van der Waals surface area contributed by atoms with Crippen molar-refractivity contribution < 1.29 is 0 Å². The van der Waals surface area contributed by atoms with E-state index in [4.69, 9.17) is 9.98 Å². The van der Waals surface area contributed by atoms with Crippen LogP contribution in [-0.2, 0) is 5.41 Å². The van der Waals surface area contributed by atoms with E-state index in [2.05, 4.69) is 271 Å². The molecule has 4 heterocycles. The average Bonchev–Trinajstić information content (AvgIpc) is 3.39. The molecular weight excluding hydrogens is 991 g/mol. The number of rotatable bonds is 9. The van der Waals surface area contributed by atoms with Gasteiger partial charge in [0, 0.05) is 53.9 Å². The van der Waals surface area contributed by atoms with Gasteiger partial charge in [-0.15, -0.1) is 10.0 Å². The van der Waals surface area contributed by atoms with Crippen molar-refractivity contribution in [1.29, 1.82) is 0 Å². The zero-order valence-corrected chi connectivity index (χ0v) is 46.6. The summed E-state index contributed by atoms with van der Waals surface area (Å²) in [4.78, 5) is 18.6. The van der Waals surface area contributed by atoms with Gasteiger partial charge in [-0.2, -0.15) is 0 Å². The van der Waals surface area contributed by atoms with Crippen molar-refractivity contribution in [3.63, 3.8) is 0 Å². The Morgan fingerprint density at radius 2 is 1.14 bits per heavy atom. The lowest BCUT2D eigenvalue weighted by molar-refractivity contribution is 0.632. The van der Waals surface area contributed by atoms with Gasteiger partial charge in [0.15, 0.2) is 0 Å². The summed E-state index contributed by atoms with van der Waals surface area (Å²) in [7, 11) is -1.82. The first-order valence-electron chi connectivity index (χ1n) is 28.0. The second-order valence-electron chi connectivity index (χ2n) is 20.5. The lowest BCUT2D eigenvalue weighted by atomic mass is 9.73. The molecule has 6 heteroatoms. The van der Waals surface area contributed by atoms with Crippen LogP contribution in [0.5, 0.6) is 0 Å². The SMILES string of the molecule is CC.CC1(C)c2ccccc2N(c2ccccc2)c2cc3c4ccccc4n(-c4ccc(C5=NC(c6cccc(S(C7=CC=CCC7)(c7ccccc7)c7ccccc7)c6)=CC(c6ccccc6)N5)cn4)c3cc21.c1ccccc1. The number of nitrogens with zero attached hydrogens (tertiary/aromatic N) is 4. The second kappa shape index (κ2) is 22.6. The molecule has 0 fully saturated rings. The number of aromatic nitrogens is 2. The van der Waals surface area contributed by atoms with Gasteiger partial charge >= 0.3 is 0 Å². The minimum Gasteiger partial charge on any atom is -0.359 e. The standard InChI is InChI=1S/C66H53N5S.C6H6.C2H6/c1-66(2)56-36-19-21-38-61(56)70(49-26-10-4-11-27-49)63-42-55-54-35-18-20-37-60(54)71(62(55)43-57(63)66)64-40-39-48(45-67-64)65-68-58(46-23-8-3-9-24-46)44-59(69-65)47-25-22-34-53(41-47)72(50-28-12-5-13-29-50,51-30-14-6-15-31-51)52-32-16-7-17-33-52;1-2-4-6-5-3-1;1-2/h3-16,18-32,34-45,58H,17,33H2,1-2H3,(H,68,69);1-6H;1-2H3. The summed E-state index contributed by atoms with van der Waals surface area (Å²) in [6.07, 6.45) is 13.2. The van der Waals surface area contributed by atoms with Crippen LogP contribution in [0, 0.1) is 0 Å². The molecule has 1 aliphatic carbocycles. The number of para-hydroxylation sites is 3. The van der Waals surface area contributed by atoms with E-state index in [-0.39, 0.29) is 11.5 Å². The third-order valence-electron chi connectivity index (χ3n) is 15.5. The fraction of sp³-hybridized carbons (Fsp3) is 0.108. The summed E-state index contributed by atoms with van der Waals surface area (Å²) in [6, 6.07) is 91.5. The Labute approximate surface area is 473 Å². The maximum Gasteiger partial charge on any atom is 0.137 e. The highest BCUT2D eigenvalue weighted by molar-refractivity contribution is 8.37. The van der Waals surface area contributed by atoms with Gasteiger partial charge in [-0.05, 0) is 125 Å². The Kier molecular flexibility index (Phi) is 14.6. The first-order valence-corrected chi connectivity index (χ1v) is 29.6. The predicted molar refractivity (Wildman–Crippen MR) is 338 cm³/mol. The Morgan fingerprint density at radius 3 is 1.80 bits per heavy atom. The minimum atomic E-state index is -1.82. The molecule has 1 N–H and O–H groups in total. The molecule has 0 saturated carbocycles. The van der Waals surface area contributed by atoms with Gasteiger partial charge in [0.25, 0.3) is 0 Å². The van der Waals surface area contributed by atoms with Crippen LogP contribution in [0.4, 0.5) is 17.1 Å². The molecule has 2 aliphatic heterocycles.